The number of para-hydroxylation sites is 2. The van der Waals surface area contributed by atoms with Gasteiger partial charge in [0.25, 0.3) is 0 Å². The average Bonchev–Trinajstić information content (AvgIpc) is 2.65. The Kier molecular flexibility index (Phi) is 4.30. The minimum atomic E-state index is 0.271. The Bertz CT molecular complexity index is 669. The van der Waals surface area contributed by atoms with Gasteiger partial charge in [-0.15, -0.1) is 0 Å². The van der Waals surface area contributed by atoms with Crippen LogP contribution in [0.15, 0.2) is 48.5 Å². The summed E-state index contributed by atoms with van der Waals surface area (Å²) in [5.41, 5.74) is 2.57. The van der Waals surface area contributed by atoms with Crippen molar-refractivity contribution >= 4 is 0 Å². The van der Waals surface area contributed by atoms with E-state index in [0.29, 0.717) is 6.04 Å². The number of rotatable bonds is 3. The van der Waals surface area contributed by atoms with Gasteiger partial charge in [0, 0.05) is 23.7 Å². The molecule has 4 rings (SSSR count). The number of hydrogen-bond acceptors (Lipinski definition) is 3. The van der Waals surface area contributed by atoms with Crippen LogP contribution in [0.2, 0.25) is 0 Å². The Hall–Kier alpha value is -1.84. The second-order valence-corrected chi connectivity index (χ2v) is 6.94. The summed E-state index contributed by atoms with van der Waals surface area (Å²) in [4.78, 5) is 5.14. The van der Waals surface area contributed by atoms with Gasteiger partial charge in [0.05, 0.1) is 6.04 Å². The summed E-state index contributed by atoms with van der Waals surface area (Å²) < 4.78 is 6.15. The van der Waals surface area contributed by atoms with Crippen LogP contribution < -0.4 is 4.74 Å². The molecule has 1 fully saturated rings. The molecule has 0 saturated carbocycles. The minimum absolute atomic E-state index is 0.271. The van der Waals surface area contributed by atoms with E-state index in [1.54, 1.807) is 0 Å². The van der Waals surface area contributed by atoms with Gasteiger partial charge in [-0.1, -0.05) is 43.3 Å². The number of likely N-dealkylation sites (N-methyl/N-ethyl adjacent to an activating group) is 2. The smallest absolute Gasteiger partial charge is 0.132 e. The van der Waals surface area contributed by atoms with Gasteiger partial charge in [0.2, 0.25) is 0 Å². The molecule has 2 aliphatic rings. The van der Waals surface area contributed by atoms with Crippen molar-refractivity contribution in [1.29, 1.82) is 0 Å². The van der Waals surface area contributed by atoms with Crippen molar-refractivity contribution in [2.75, 3.05) is 26.7 Å². The molecule has 24 heavy (non-hydrogen) atoms. The molecule has 0 radical (unpaired) electrons. The maximum Gasteiger partial charge on any atom is 0.132 e. The highest BCUT2D eigenvalue weighted by atomic mass is 16.5. The molecule has 2 aliphatic heterocycles. The molecule has 0 aromatic heterocycles. The molecule has 0 N–H and O–H groups in total. The Morgan fingerprint density at radius 2 is 1.67 bits per heavy atom. The van der Waals surface area contributed by atoms with Crippen LogP contribution in [0.25, 0.3) is 0 Å². The van der Waals surface area contributed by atoms with Crippen LogP contribution >= 0.6 is 0 Å². The number of fused-ring (bicyclic) bond motifs is 2. The SMILES string of the molecule is CCN1CCCC(N(C)C2c3ccccc3Oc3ccccc32)C1. The molecule has 2 aromatic carbocycles. The summed E-state index contributed by atoms with van der Waals surface area (Å²) in [6, 6.07) is 17.8. The lowest BCUT2D eigenvalue weighted by atomic mass is 9.91. The molecule has 126 valence electrons. The number of nitrogens with zero attached hydrogens (tertiary/aromatic N) is 2. The quantitative estimate of drug-likeness (QED) is 0.838. The number of hydrogen-bond donors (Lipinski definition) is 0. The van der Waals surface area contributed by atoms with Gasteiger partial charge in [-0.25, -0.2) is 0 Å². The fraction of sp³-hybridized carbons (Fsp3) is 0.429. The first-order valence-electron chi connectivity index (χ1n) is 9.08. The number of benzene rings is 2. The van der Waals surface area contributed by atoms with Crippen molar-refractivity contribution in [3.63, 3.8) is 0 Å². The molecule has 1 saturated heterocycles. The zero-order chi connectivity index (χ0) is 16.5. The monoisotopic (exact) mass is 322 g/mol. The molecule has 1 atom stereocenters. The zero-order valence-electron chi connectivity index (χ0n) is 14.6. The molecule has 0 aliphatic carbocycles. The Labute approximate surface area is 144 Å². The average molecular weight is 322 g/mol. The highest BCUT2D eigenvalue weighted by Gasteiger charge is 2.34. The molecular formula is C21H26N2O. The van der Waals surface area contributed by atoms with Gasteiger partial charge in [-0.2, -0.15) is 0 Å². The number of ether oxygens (including phenoxy) is 1. The van der Waals surface area contributed by atoms with Gasteiger partial charge < -0.3 is 9.64 Å². The van der Waals surface area contributed by atoms with Crippen molar-refractivity contribution in [3.8, 4) is 11.5 Å². The van der Waals surface area contributed by atoms with Crippen molar-refractivity contribution in [3.05, 3.63) is 59.7 Å². The maximum absolute atomic E-state index is 6.15. The summed E-state index contributed by atoms with van der Waals surface area (Å²) in [7, 11) is 2.29. The second kappa shape index (κ2) is 6.58. The van der Waals surface area contributed by atoms with Crippen LogP contribution in [-0.4, -0.2) is 42.5 Å². The molecular weight excluding hydrogens is 296 g/mol. The van der Waals surface area contributed by atoms with Crippen LogP contribution in [0.4, 0.5) is 0 Å². The van der Waals surface area contributed by atoms with E-state index in [4.69, 9.17) is 4.74 Å². The van der Waals surface area contributed by atoms with Crippen molar-refractivity contribution in [1.82, 2.24) is 9.80 Å². The summed E-state index contributed by atoms with van der Waals surface area (Å²) in [6.07, 6.45) is 2.56. The normalized spacial score (nSPS) is 21.2. The van der Waals surface area contributed by atoms with E-state index in [9.17, 15) is 0 Å². The highest BCUT2D eigenvalue weighted by Crippen LogP contribution is 2.45. The van der Waals surface area contributed by atoms with Crippen molar-refractivity contribution in [2.45, 2.75) is 31.8 Å². The van der Waals surface area contributed by atoms with Gasteiger partial charge in [0.15, 0.2) is 0 Å². The Balaban J connectivity index is 1.71. The number of likely N-dealkylation sites (tertiary alicyclic amines) is 1. The number of piperidine rings is 1. The van der Waals surface area contributed by atoms with Crippen molar-refractivity contribution < 1.29 is 4.74 Å². The van der Waals surface area contributed by atoms with E-state index in [1.165, 1.54) is 30.5 Å². The van der Waals surface area contributed by atoms with Gasteiger partial charge in [0.1, 0.15) is 11.5 Å². The van der Waals surface area contributed by atoms with E-state index in [1.807, 2.05) is 0 Å². The van der Waals surface area contributed by atoms with E-state index >= 15 is 0 Å². The summed E-state index contributed by atoms with van der Waals surface area (Å²) in [5, 5.41) is 0. The maximum atomic E-state index is 6.15. The van der Waals surface area contributed by atoms with Crippen LogP contribution in [0.1, 0.15) is 36.9 Å². The van der Waals surface area contributed by atoms with E-state index < -0.39 is 0 Å². The fourth-order valence-corrected chi connectivity index (χ4v) is 4.19. The van der Waals surface area contributed by atoms with E-state index in [-0.39, 0.29) is 6.04 Å². The van der Waals surface area contributed by atoms with Gasteiger partial charge in [-0.05, 0) is 45.1 Å². The van der Waals surface area contributed by atoms with E-state index in [2.05, 4.69) is 72.3 Å². The zero-order valence-corrected chi connectivity index (χ0v) is 14.6. The lowest BCUT2D eigenvalue weighted by Crippen LogP contribution is -2.48. The van der Waals surface area contributed by atoms with Gasteiger partial charge in [-0.3, -0.25) is 4.90 Å². The summed E-state index contributed by atoms with van der Waals surface area (Å²) >= 11 is 0. The summed E-state index contributed by atoms with van der Waals surface area (Å²) in [5.74, 6) is 1.99. The third-order valence-electron chi connectivity index (χ3n) is 5.56. The molecule has 0 bridgehead atoms. The minimum Gasteiger partial charge on any atom is -0.457 e. The first kappa shape index (κ1) is 15.7. The van der Waals surface area contributed by atoms with E-state index in [0.717, 1.165) is 24.6 Å². The molecule has 3 nitrogen and oxygen atoms in total. The largest absolute Gasteiger partial charge is 0.457 e. The lowest BCUT2D eigenvalue weighted by molar-refractivity contribution is 0.0971. The van der Waals surface area contributed by atoms with Gasteiger partial charge >= 0.3 is 0 Å². The first-order chi connectivity index (χ1) is 11.8. The summed E-state index contributed by atoms with van der Waals surface area (Å²) in [6.45, 7) is 5.81. The molecule has 1 unspecified atom stereocenters. The topological polar surface area (TPSA) is 15.7 Å². The molecule has 0 amide bonds. The molecule has 3 heteroatoms. The van der Waals surface area contributed by atoms with Crippen LogP contribution in [0, 0.1) is 0 Å². The standard InChI is InChI=1S/C21H26N2O/c1-3-23-14-8-9-16(15-23)22(2)21-17-10-4-6-12-19(17)24-20-13-7-5-11-18(20)21/h4-7,10-13,16,21H,3,8-9,14-15H2,1-2H3. The molecule has 2 aromatic rings. The van der Waals surface area contributed by atoms with Crippen LogP contribution in [0.5, 0.6) is 11.5 Å². The third-order valence-corrected chi connectivity index (χ3v) is 5.56. The lowest BCUT2D eigenvalue weighted by Gasteiger charge is -2.43. The molecule has 0 spiro atoms. The predicted octanol–water partition coefficient (Wildman–Crippen LogP) is 4.30. The second-order valence-electron chi connectivity index (χ2n) is 6.94. The van der Waals surface area contributed by atoms with Crippen LogP contribution in [-0.2, 0) is 0 Å². The first-order valence-corrected chi connectivity index (χ1v) is 9.08. The predicted molar refractivity (Wildman–Crippen MR) is 97.7 cm³/mol. The Morgan fingerprint density at radius 3 is 2.29 bits per heavy atom. The molecule has 2 heterocycles. The Morgan fingerprint density at radius 1 is 1.04 bits per heavy atom. The third kappa shape index (κ3) is 2.72. The fourth-order valence-electron chi connectivity index (χ4n) is 4.19. The highest BCUT2D eigenvalue weighted by molar-refractivity contribution is 5.53. The van der Waals surface area contributed by atoms with Crippen LogP contribution in [0.3, 0.4) is 0 Å². The van der Waals surface area contributed by atoms with Crippen molar-refractivity contribution in [2.24, 2.45) is 0 Å².